The third kappa shape index (κ3) is 5.54. The zero-order valence-corrected chi connectivity index (χ0v) is 20.6. The first kappa shape index (κ1) is 23.3. The minimum Gasteiger partial charge on any atom is -0.353 e. The number of nitrogens with zero attached hydrogens (tertiary/aromatic N) is 2. The maximum Gasteiger partial charge on any atom is 0.276 e. The molecule has 0 bridgehead atoms. The van der Waals surface area contributed by atoms with E-state index in [-0.39, 0.29) is 23.3 Å². The van der Waals surface area contributed by atoms with Crippen LogP contribution in [0.15, 0.2) is 69.9 Å². The Morgan fingerprint density at radius 1 is 1.15 bits per heavy atom. The van der Waals surface area contributed by atoms with Gasteiger partial charge in [-0.05, 0) is 67.8 Å². The molecule has 0 radical (unpaired) electrons. The molecular weight excluding hydrogens is 450 g/mol. The quantitative estimate of drug-likeness (QED) is 0.277. The van der Waals surface area contributed by atoms with E-state index in [1.165, 1.54) is 28.7 Å². The van der Waals surface area contributed by atoms with Crippen molar-refractivity contribution in [2.45, 2.75) is 44.8 Å². The average Bonchev–Trinajstić information content (AvgIpc) is 3.28. The molecule has 0 aliphatic rings. The van der Waals surface area contributed by atoms with E-state index in [9.17, 15) is 9.59 Å². The molecule has 0 aliphatic carbocycles. The van der Waals surface area contributed by atoms with Crippen LogP contribution in [-0.4, -0.2) is 27.3 Å². The van der Waals surface area contributed by atoms with Gasteiger partial charge in [0.15, 0.2) is 5.16 Å². The SMILES string of the molecule is Cc1ccc(C)c(-n2c(SCC(=O)N[C@@H](C)CCc3ccccc3)nc3ccsc3c2=O)c1. The fraction of sp³-hybridized carbons (Fsp3) is 0.269. The summed E-state index contributed by atoms with van der Waals surface area (Å²) in [5.41, 5.74) is 4.70. The summed E-state index contributed by atoms with van der Waals surface area (Å²) in [4.78, 5) is 30.7. The summed E-state index contributed by atoms with van der Waals surface area (Å²) in [6.07, 6.45) is 1.78. The molecule has 2 aromatic heterocycles. The fourth-order valence-corrected chi connectivity index (χ4v) is 5.28. The number of thioether (sulfide) groups is 1. The molecule has 0 saturated heterocycles. The van der Waals surface area contributed by atoms with E-state index in [1.807, 2.05) is 68.6 Å². The molecule has 1 amide bonds. The first-order valence-electron chi connectivity index (χ1n) is 11.0. The number of fused-ring (bicyclic) bond motifs is 1. The largest absolute Gasteiger partial charge is 0.353 e. The van der Waals surface area contributed by atoms with Gasteiger partial charge in [0.2, 0.25) is 5.91 Å². The highest BCUT2D eigenvalue weighted by atomic mass is 32.2. The highest BCUT2D eigenvalue weighted by Crippen LogP contribution is 2.25. The van der Waals surface area contributed by atoms with Crippen molar-refractivity contribution < 1.29 is 4.79 Å². The van der Waals surface area contributed by atoms with Crippen LogP contribution in [0.2, 0.25) is 0 Å². The zero-order chi connectivity index (χ0) is 23.4. The first-order valence-corrected chi connectivity index (χ1v) is 12.8. The summed E-state index contributed by atoms with van der Waals surface area (Å²) >= 11 is 2.69. The van der Waals surface area contributed by atoms with Gasteiger partial charge in [-0.15, -0.1) is 11.3 Å². The molecule has 4 rings (SSSR count). The van der Waals surface area contributed by atoms with E-state index in [0.717, 1.165) is 29.7 Å². The van der Waals surface area contributed by atoms with Crippen molar-refractivity contribution in [1.82, 2.24) is 14.9 Å². The summed E-state index contributed by atoms with van der Waals surface area (Å²) < 4.78 is 2.28. The Morgan fingerprint density at radius 2 is 1.94 bits per heavy atom. The standard InChI is InChI=1S/C26H27N3O2S2/c1-17-9-10-18(2)22(15-17)29-25(31)24-21(13-14-32-24)28-26(29)33-16-23(30)27-19(3)11-12-20-7-5-4-6-8-20/h4-10,13-15,19H,11-12,16H2,1-3H3,(H,27,30)/t19-/m0/s1. The van der Waals surface area contributed by atoms with Gasteiger partial charge in [0.1, 0.15) is 4.70 Å². The van der Waals surface area contributed by atoms with Crippen molar-refractivity contribution in [2.75, 3.05) is 5.75 Å². The number of thiophene rings is 1. The second-order valence-corrected chi connectivity index (χ2v) is 10.1. The molecule has 4 aromatic rings. The predicted octanol–water partition coefficient (Wildman–Crippen LogP) is 5.29. The van der Waals surface area contributed by atoms with Crippen molar-refractivity contribution in [1.29, 1.82) is 0 Å². The number of amides is 1. The number of aryl methyl sites for hydroxylation is 3. The lowest BCUT2D eigenvalue weighted by molar-refractivity contribution is -0.119. The zero-order valence-electron chi connectivity index (χ0n) is 19.0. The Morgan fingerprint density at radius 3 is 2.73 bits per heavy atom. The van der Waals surface area contributed by atoms with Crippen LogP contribution >= 0.6 is 23.1 Å². The summed E-state index contributed by atoms with van der Waals surface area (Å²) in [6.45, 7) is 6.00. The first-order chi connectivity index (χ1) is 15.9. The van der Waals surface area contributed by atoms with Crippen LogP contribution in [-0.2, 0) is 11.2 Å². The van der Waals surface area contributed by atoms with Gasteiger partial charge in [0.25, 0.3) is 5.56 Å². The van der Waals surface area contributed by atoms with Crippen LogP contribution in [0.5, 0.6) is 0 Å². The van der Waals surface area contributed by atoms with Gasteiger partial charge in [-0.2, -0.15) is 0 Å². The third-order valence-corrected chi connectivity index (χ3v) is 7.33. The molecule has 1 atom stereocenters. The van der Waals surface area contributed by atoms with E-state index >= 15 is 0 Å². The van der Waals surface area contributed by atoms with Crippen molar-refractivity contribution in [2.24, 2.45) is 0 Å². The van der Waals surface area contributed by atoms with Gasteiger partial charge in [0.05, 0.1) is 17.0 Å². The maximum atomic E-state index is 13.3. The van der Waals surface area contributed by atoms with Crippen LogP contribution in [0.3, 0.4) is 0 Å². The van der Waals surface area contributed by atoms with Crippen LogP contribution < -0.4 is 10.9 Å². The normalized spacial score (nSPS) is 12.1. The topological polar surface area (TPSA) is 64.0 Å². The number of carbonyl (C=O) groups is 1. The minimum atomic E-state index is -0.0946. The highest BCUT2D eigenvalue weighted by Gasteiger charge is 2.17. The summed E-state index contributed by atoms with van der Waals surface area (Å²) in [7, 11) is 0. The lowest BCUT2D eigenvalue weighted by Crippen LogP contribution is -2.34. The van der Waals surface area contributed by atoms with Crippen molar-refractivity contribution in [3.63, 3.8) is 0 Å². The average molecular weight is 478 g/mol. The van der Waals surface area contributed by atoms with Crippen LogP contribution in [0.25, 0.3) is 15.9 Å². The maximum absolute atomic E-state index is 13.3. The van der Waals surface area contributed by atoms with Gasteiger partial charge in [-0.3, -0.25) is 14.2 Å². The van der Waals surface area contributed by atoms with Gasteiger partial charge in [-0.25, -0.2) is 4.98 Å². The van der Waals surface area contributed by atoms with Gasteiger partial charge in [0, 0.05) is 6.04 Å². The second-order valence-electron chi connectivity index (χ2n) is 8.24. The molecule has 33 heavy (non-hydrogen) atoms. The molecule has 170 valence electrons. The van der Waals surface area contributed by atoms with E-state index < -0.39 is 0 Å². The molecule has 2 aromatic carbocycles. The summed E-state index contributed by atoms with van der Waals surface area (Å²) in [6, 6.07) is 18.2. The molecule has 1 N–H and O–H groups in total. The van der Waals surface area contributed by atoms with E-state index in [2.05, 4.69) is 17.4 Å². The van der Waals surface area contributed by atoms with Crippen molar-refractivity contribution in [3.05, 3.63) is 87.0 Å². The van der Waals surface area contributed by atoms with Gasteiger partial charge >= 0.3 is 0 Å². The number of hydrogen-bond donors (Lipinski definition) is 1. The molecule has 5 nitrogen and oxygen atoms in total. The summed E-state index contributed by atoms with van der Waals surface area (Å²) in [5.74, 6) is 0.135. The van der Waals surface area contributed by atoms with Crippen molar-refractivity contribution in [3.8, 4) is 5.69 Å². The monoisotopic (exact) mass is 477 g/mol. The molecule has 0 aliphatic heterocycles. The highest BCUT2D eigenvalue weighted by molar-refractivity contribution is 7.99. The van der Waals surface area contributed by atoms with Crippen LogP contribution in [0, 0.1) is 13.8 Å². The Bertz CT molecular complexity index is 1330. The predicted molar refractivity (Wildman–Crippen MR) is 138 cm³/mol. The molecular formula is C26H27N3O2S2. The Balaban J connectivity index is 1.50. The number of nitrogens with one attached hydrogen (secondary N) is 1. The molecule has 0 fully saturated rings. The smallest absolute Gasteiger partial charge is 0.276 e. The van der Waals surface area contributed by atoms with Gasteiger partial charge < -0.3 is 5.32 Å². The van der Waals surface area contributed by atoms with Gasteiger partial charge in [-0.1, -0.05) is 54.2 Å². The van der Waals surface area contributed by atoms with Crippen LogP contribution in [0.4, 0.5) is 0 Å². The lowest BCUT2D eigenvalue weighted by atomic mass is 10.1. The third-order valence-electron chi connectivity index (χ3n) is 5.50. The second kappa shape index (κ2) is 10.4. The number of benzene rings is 2. The van der Waals surface area contributed by atoms with E-state index in [1.54, 1.807) is 4.57 Å². The lowest BCUT2D eigenvalue weighted by Gasteiger charge is -2.16. The number of carbonyl (C=O) groups excluding carboxylic acids is 1. The van der Waals surface area contributed by atoms with E-state index in [4.69, 9.17) is 4.98 Å². The molecule has 0 saturated carbocycles. The fourth-order valence-electron chi connectivity index (χ4n) is 3.71. The number of hydrogen-bond acceptors (Lipinski definition) is 5. The molecule has 0 unspecified atom stereocenters. The number of rotatable bonds is 8. The molecule has 0 spiro atoms. The van der Waals surface area contributed by atoms with Crippen molar-refractivity contribution >= 4 is 39.2 Å². The molecule has 2 heterocycles. The van der Waals surface area contributed by atoms with E-state index in [0.29, 0.717) is 15.4 Å². The summed E-state index contributed by atoms with van der Waals surface area (Å²) in [5, 5.41) is 5.49. The van der Waals surface area contributed by atoms with Crippen LogP contribution in [0.1, 0.15) is 30.0 Å². The Labute approximate surface area is 201 Å². The molecule has 7 heteroatoms. The Hall–Kier alpha value is -2.90. The minimum absolute atomic E-state index is 0.0619. The Kier molecular flexibility index (Phi) is 7.30. The number of aromatic nitrogens is 2.